The maximum Gasteiger partial charge on any atom is 0.416 e. The number of alkyl halides is 3. The van der Waals surface area contributed by atoms with Gasteiger partial charge in [-0.3, -0.25) is 4.79 Å². The second kappa shape index (κ2) is 10.9. The van der Waals surface area contributed by atoms with Crippen molar-refractivity contribution in [3.8, 4) is 16.9 Å². The van der Waals surface area contributed by atoms with Crippen molar-refractivity contribution in [1.29, 1.82) is 0 Å². The van der Waals surface area contributed by atoms with Gasteiger partial charge < -0.3 is 20.1 Å². The minimum Gasteiger partial charge on any atom is -0.493 e. The van der Waals surface area contributed by atoms with Crippen molar-refractivity contribution in [3.05, 3.63) is 89.6 Å². The quantitative estimate of drug-likeness (QED) is 0.256. The van der Waals surface area contributed by atoms with Gasteiger partial charge in [0.25, 0.3) is 5.91 Å². The Hall–Kier alpha value is -3.78. The standard InChI is InChI=1S/C28H27F3N2O3.H2/c1-2-13-36-26-12-9-19(18-7-10-21(11-8-18)28(29,30)31)15-24(26)27(35)33-22(17-34)14-20-16-32-25-6-4-3-5-23(20)25;/h3-12,15-16,22,32,34H,2,13-14,17H2,1H3,(H,33,35);1H/t22-;/m1./s1. The summed E-state index contributed by atoms with van der Waals surface area (Å²) in [6.45, 7) is 2.08. The van der Waals surface area contributed by atoms with Crippen molar-refractivity contribution >= 4 is 16.8 Å². The molecule has 0 aliphatic heterocycles. The van der Waals surface area contributed by atoms with Crippen LogP contribution >= 0.6 is 0 Å². The van der Waals surface area contributed by atoms with Gasteiger partial charge in [-0.05, 0) is 59.9 Å². The minimum absolute atomic E-state index is 0. The highest BCUT2D eigenvalue weighted by Crippen LogP contribution is 2.32. The average Bonchev–Trinajstić information content (AvgIpc) is 3.29. The summed E-state index contributed by atoms with van der Waals surface area (Å²) in [5.41, 5.74) is 2.56. The molecule has 0 saturated heterocycles. The van der Waals surface area contributed by atoms with Gasteiger partial charge in [0.05, 0.1) is 30.4 Å². The lowest BCUT2D eigenvalue weighted by Gasteiger charge is -2.18. The van der Waals surface area contributed by atoms with Crippen LogP contribution in [0.2, 0.25) is 0 Å². The Bertz CT molecular complexity index is 1340. The van der Waals surface area contributed by atoms with E-state index in [1.54, 1.807) is 18.2 Å². The van der Waals surface area contributed by atoms with E-state index in [0.717, 1.165) is 35.0 Å². The Morgan fingerprint density at radius 2 is 1.81 bits per heavy atom. The van der Waals surface area contributed by atoms with Gasteiger partial charge in [-0.2, -0.15) is 13.2 Å². The van der Waals surface area contributed by atoms with Crippen LogP contribution in [0.1, 0.15) is 36.3 Å². The second-order valence-corrected chi connectivity index (χ2v) is 8.55. The smallest absolute Gasteiger partial charge is 0.416 e. The lowest BCUT2D eigenvalue weighted by Crippen LogP contribution is -2.39. The number of hydrogen-bond donors (Lipinski definition) is 3. The fourth-order valence-electron chi connectivity index (χ4n) is 4.07. The highest BCUT2D eigenvalue weighted by Gasteiger charge is 2.30. The summed E-state index contributed by atoms with van der Waals surface area (Å²) in [5.74, 6) is -0.0671. The van der Waals surface area contributed by atoms with Crippen molar-refractivity contribution in [3.63, 3.8) is 0 Å². The molecule has 0 aliphatic rings. The van der Waals surface area contributed by atoms with Crippen LogP contribution in [0.4, 0.5) is 13.2 Å². The fourth-order valence-corrected chi connectivity index (χ4v) is 4.07. The number of ether oxygens (including phenoxy) is 1. The molecule has 1 atom stereocenters. The maximum atomic E-state index is 13.3. The predicted octanol–water partition coefficient (Wildman–Crippen LogP) is 6.22. The number of benzene rings is 3. The minimum atomic E-state index is -4.43. The van der Waals surface area contributed by atoms with E-state index in [1.807, 2.05) is 37.4 Å². The first-order chi connectivity index (χ1) is 17.3. The van der Waals surface area contributed by atoms with Crippen molar-refractivity contribution in [1.82, 2.24) is 10.3 Å². The second-order valence-electron chi connectivity index (χ2n) is 8.55. The van der Waals surface area contributed by atoms with E-state index in [1.165, 1.54) is 12.1 Å². The van der Waals surface area contributed by atoms with E-state index in [4.69, 9.17) is 4.74 Å². The summed E-state index contributed by atoms with van der Waals surface area (Å²) in [6.07, 6.45) is -1.41. The van der Waals surface area contributed by atoms with Crippen molar-refractivity contribution in [2.24, 2.45) is 0 Å². The molecule has 0 unspecified atom stereocenters. The summed E-state index contributed by atoms with van der Waals surface area (Å²) in [7, 11) is 0. The van der Waals surface area contributed by atoms with Crippen molar-refractivity contribution in [2.75, 3.05) is 13.2 Å². The number of aromatic nitrogens is 1. The zero-order valence-electron chi connectivity index (χ0n) is 19.7. The van der Waals surface area contributed by atoms with Gasteiger partial charge in [0.1, 0.15) is 5.75 Å². The monoisotopic (exact) mass is 498 g/mol. The molecular weight excluding hydrogens is 469 g/mol. The summed E-state index contributed by atoms with van der Waals surface area (Å²) in [6, 6.07) is 17.0. The molecule has 0 saturated carbocycles. The summed E-state index contributed by atoms with van der Waals surface area (Å²) >= 11 is 0. The molecule has 4 aromatic rings. The number of carbonyl (C=O) groups is 1. The molecule has 1 amide bonds. The van der Waals surface area contributed by atoms with E-state index in [9.17, 15) is 23.1 Å². The number of H-pyrrole nitrogens is 1. The Morgan fingerprint density at radius 1 is 1.08 bits per heavy atom. The number of halogens is 3. The van der Waals surface area contributed by atoms with Gasteiger partial charge >= 0.3 is 6.18 Å². The zero-order chi connectivity index (χ0) is 25.7. The Kier molecular flexibility index (Phi) is 7.64. The number of para-hydroxylation sites is 1. The molecule has 1 heterocycles. The summed E-state index contributed by atoms with van der Waals surface area (Å²) in [5, 5.41) is 13.9. The third kappa shape index (κ3) is 5.71. The first-order valence-corrected chi connectivity index (χ1v) is 11.7. The molecule has 190 valence electrons. The SMILES string of the molecule is CCCOc1ccc(-c2ccc(C(F)(F)F)cc2)cc1C(=O)N[C@@H](CO)Cc1c[nH]c2ccccc12.[HH]. The van der Waals surface area contributed by atoms with Crippen LogP contribution in [0.3, 0.4) is 0 Å². The molecule has 36 heavy (non-hydrogen) atoms. The van der Waals surface area contributed by atoms with Gasteiger partial charge in [0.2, 0.25) is 0 Å². The number of aromatic amines is 1. The van der Waals surface area contributed by atoms with Crippen LogP contribution < -0.4 is 10.1 Å². The number of carbonyl (C=O) groups excluding carboxylic acids is 1. The average molecular weight is 499 g/mol. The van der Waals surface area contributed by atoms with Gasteiger partial charge in [0, 0.05) is 18.5 Å². The van der Waals surface area contributed by atoms with E-state index >= 15 is 0 Å². The van der Waals surface area contributed by atoms with Crippen LogP contribution in [0.5, 0.6) is 5.75 Å². The van der Waals surface area contributed by atoms with Crippen LogP contribution in [-0.4, -0.2) is 35.3 Å². The molecule has 3 N–H and O–H groups in total. The number of nitrogens with one attached hydrogen (secondary N) is 2. The summed E-state index contributed by atoms with van der Waals surface area (Å²) in [4.78, 5) is 16.5. The molecule has 0 aliphatic carbocycles. The molecule has 8 heteroatoms. The first kappa shape index (κ1) is 25.3. The lowest BCUT2D eigenvalue weighted by molar-refractivity contribution is -0.137. The van der Waals surface area contributed by atoms with Crippen LogP contribution in [0.25, 0.3) is 22.0 Å². The van der Waals surface area contributed by atoms with Crippen LogP contribution in [-0.2, 0) is 12.6 Å². The van der Waals surface area contributed by atoms with Crippen LogP contribution in [0.15, 0.2) is 72.9 Å². The summed E-state index contributed by atoms with van der Waals surface area (Å²) < 4.78 is 44.6. The Labute approximate surface area is 208 Å². The maximum absolute atomic E-state index is 13.3. The predicted molar refractivity (Wildman–Crippen MR) is 135 cm³/mol. The normalized spacial score (nSPS) is 12.5. The van der Waals surface area contributed by atoms with Crippen molar-refractivity contribution in [2.45, 2.75) is 32.0 Å². The molecular formula is C28H29F3N2O3. The number of aliphatic hydroxyl groups is 1. The zero-order valence-corrected chi connectivity index (χ0v) is 19.7. The fraction of sp³-hybridized carbons (Fsp3) is 0.250. The van der Waals surface area contributed by atoms with E-state index < -0.39 is 23.7 Å². The third-order valence-electron chi connectivity index (χ3n) is 5.93. The molecule has 0 bridgehead atoms. The first-order valence-electron chi connectivity index (χ1n) is 11.7. The van der Waals surface area contributed by atoms with Gasteiger partial charge in [-0.25, -0.2) is 0 Å². The lowest BCUT2D eigenvalue weighted by atomic mass is 10.00. The van der Waals surface area contributed by atoms with Gasteiger partial charge in [0.15, 0.2) is 0 Å². The molecule has 3 aromatic carbocycles. The Balaban J connectivity index is 0.00000380. The Morgan fingerprint density at radius 3 is 2.50 bits per heavy atom. The molecule has 1 aromatic heterocycles. The highest BCUT2D eigenvalue weighted by atomic mass is 19.4. The van der Waals surface area contributed by atoms with E-state index in [-0.39, 0.29) is 13.6 Å². The number of amides is 1. The highest BCUT2D eigenvalue weighted by molar-refractivity contribution is 5.98. The largest absolute Gasteiger partial charge is 0.493 e. The van der Waals surface area contributed by atoms with Crippen LogP contribution in [0, 0.1) is 0 Å². The van der Waals surface area contributed by atoms with Gasteiger partial charge in [-0.1, -0.05) is 43.3 Å². The van der Waals surface area contributed by atoms with Gasteiger partial charge in [-0.15, -0.1) is 0 Å². The van der Waals surface area contributed by atoms with Crippen molar-refractivity contribution < 1.29 is 29.2 Å². The number of hydrogen-bond acceptors (Lipinski definition) is 3. The number of rotatable bonds is 9. The van der Waals surface area contributed by atoms with E-state index in [0.29, 0.717) is 29.9 Å². The molecule has 0 radical (unpaired) electrons. The molecule has 5 nitrogen and oxygen atoms in total. The number of aliphatic hydroxyl groups excluding tert-OH is 1. The van der Waals surface area contributed by atoms with E-state index in [2.05, 4.69) is 10.3 Å². The molecule has 0 spiro atoms. The molecule has 4 rings (SSSR count). The topological polar surface area (TPSA) is 74.3 Å². The molecule has 0 fully saturated rings. The number of fused-ring (bicyclic) bond motifs is 1. The third-order valence-corrected chi connectivity index (χ3v) is 5.93.